The number of aromatic nitrogens is 1. The molecule has 0 saturated heterocycles. The molecule has 27 heavy (non-hydrogen) atoms. The zero-order valence-corrected chi connectivity index (χ0v) is 16.8. The van der Waals surface area contributed by atoms with Crippen LogP contribution in [-0.4, -0.2) is 46.5 Å². The quantitative estimate of drug-likeness (QED) is 0.648. The third kappa shape index (κ3) is 7.44. The SMILES string of the molecule is CCN(CC)Cc1cccc(NC(=O)CSCC(=O)Nc2cc(C)on2)c1. The number of nitrogens with one attached hydrogen (secondary N) is 2. The van der Waals surface area contributed by atoms with Crippen molar-refractivity contribution in [1.82, 2.24) is 10.1 Å². The summed E-state index contributed by atoms with van der Waals surface area (Å²) < 4.78 is 4.88. The van der Waals surface area contributed by atoms with E-state index in [1.165, 1.54) is 11.8 Å². The van der Waals surface area contributed by atoms with Crippen LogP contribution in [0.2, 0.25) is 0 Å². The largest absolute Gasteiger partial charge is 0.360 e. The van der Waals surface area contributed by atoms with E-state index in [1.54, 1.807) is 13.0 Å². The Morgan fingerprint density at radius 2 is 1.81 bits per heavy atom. The van der Waals surface area contributed by atoms with Crippen LogP contribution in [0.5, 0.6) is 0 Å². The molecule has 0 fully saturated rings. The third-order valence-corrected chi connectivity index (χ3v) is 4.81. The van der Waals surface area contributed by atoms with Crippen molar-refractivity contribution in [3.05, 3.63) is 41.7 Å². The molecular weight excluding hydrogens is 364 g/mol. The molecule has 0 unspecified atom stereocenters. The summed E-state index contributed by atoms with van der Waals surface area (Å²) >= 11 is 1.25. The lowest BCUT2D eigenvalue weighted by Crippen LogP contribution is -2.22. The third-order valence-electron chi connectivity index (χ3n) is 3.87. The monoisotopic (exact) mass is 390 g/mol. The van der Waals surface area contributed by atoms with Gasteiger partial charge in [0.15, 0.2) is 5.82 Å². The van der Waals surface area contributed by atoms with Crippen molar-refractivity contribution in [2.24, 2.45) is 0 Å². The second-order valence-electron chi connectivity index (χ2n) is 6.07. The van der Waals surface area contributed by atoms with Crippen molar-refractivity contribution in [3.8, 4) is 0 Å². The van der Waals surface area contributed by atoms with Gasteiger partial charge in [0, 0.05) is 18.3 Å². The summed E-state index contributed by atoms with van der Waals surface area (Å²) in [7, 11) is 0. The molecule has 0 aliphatic carbocycles. The van der Waals surface area contributed by atoms with Crippen LogP contribution in [0.3, 0.4) is 0 Å². The van der Waals surface area contributed by atoms with E-state index in [4.69, 9.17) is 4.52 Å². The van der Waals surface area contributed by atoms with E-state index in [0.29, 0.717) is 11.6 Å². The van der Waals surface area contributed by atoms with Crippen LogP contribution >= 0.6 is 11.8 Å². The number of rotatable bonds is 10. The number of thioether (sulfide) groups is 1. The Kier molecular flexibility index (Phi) is 8.35. The molecule has 2 rings (SSSR count). The highest BCUT2D eigenvalue weighted by Crippen LogP contribution is 2.14. The van der Waals surface area contributed by atoms with Gasteiger partial charge < -0.3 is 15.2 Å². The molecule has 0 atom stereocenters. The van der Waals surface area contributed by atoms with E-state index in [9.17, 15) is 9.59 Å². The normalized spacial score (nSPS) is 10.8. The fourth-order valence-corrected chi connectivity index (χ4v) is 3.11. The predicted molar refractivity (Wildman–Crippen MR) is 109 cm³/mol. The average Bonchev–Trinajstić information content (AvgIpc) is 3.04. The minimum Gasteiger partial charge on any atom is -0.360 e. The number of aryl methyl sites for hydroxylation is 1. The Morgan fingerprint density at radius 1 is 1.11 bits per heavy atom. The lowest BCUT2D eigenvalue weighted by molar-refractivity contribution is -0.114. The van der Waals surface area contributed by atoms with E-state index in [2.05, 4.69) is 40.6 Å². The van der Waals surface area contributed by atoms with E-state index < -0.39 is 0 Å². The molecule has 2 amide bonds. The van der Waals surface area contributed by atoms with Crippen molar-refractivity contribution < 1.29 is 14.1 Å². The molecule has 7 nitrogen and oxygen atoms in total. The molecule has 146 valence electrons. The second kappa shape index (κ2) is 10.7. The molecular formula is C19H26N4O3S. The number of carbonyl (C=O) groups is 2. The molecule has 8 heteroatoms. The number of benzene rings is 1. The molecule has 1 heterocycles. The van der Waals surface area contributed by atoms with Crippen molar-refractivity contribution in [3.63, 3.8) is 0 Å². The standard InChI is InChI=1S/C19H26N4O3S/c1-4-23(5-2)11-15-7-6-8-16(10-15)20-18(24)12-27-13-19(25)21-17-9-14(3)26-22-17/h6-10H,4-5,11-13H2,1-3H3,(H,20,24)(H,21,22,25). The maximum Gasteiger partial charge on any atom is 0.235 e. The Labute approximate surface area is 163 Å². The van der Waals surface area contributed by atoms with Crippen LogP contribution in [0.4, 0.5) is 11.5 Å². The molecule has 2 aromatic rings. The Balaban J connectivity index is 1.74. The molecule has 0 saturated carbocycles. The lowest BCUT2D eigenvalue weighted by atomic mass is 10.2. The van der Waals surface area contributed by atoms with E-state index in [0.717, 1.165) is 30.9 Å². The Bertz CT molecular complexity index is 759. The molecule has 2 N–H and O–H groups in total. The number of hydrogen-bond donors (Lipinski definition) is 2. The van der Waals surface area contributed by atoms with Crippen molar-refractivity contribution >= 4 is 35.1 Å². The average molecular weight is 391 g/mol. The molecule has 1 aromatic heterocycles. The number of hydrogen-bond acceptors (Lipinski definition) is 6. The van der Waals surface area contributed by atoms with E-state index in [1.807, 2.05) is 18.2 Å². The van der Waals surface area contributed by atoms with Crippen LogP contribution in [0.1, 0.15) is 25.2 Å². The lowest BCUT2D eigenvalue weighted by Gasteiger charge is -2.18. The molecule has 1 aromatic carbocycles. The highest BCUT2D eigenvalue weighted by Gasteiger charge is 2.09. The Hall–Kier alpha value is -2.32. The van der Waals surface area contributed by atoms with Crippen LogP contribution in [0.15, 0.2) is 34.9 Å². The fourth-order valence-electron chi connectivity index (χ4n) is 2.49. The van der Waals surface area contributed by atoms with Crippen LogP contribution < -0.4 is 10.6 Å². The molecule has 0 bridgehead atoms. The second-order valence-corrected chi connectivity index (χ2v) is 7.06. The topological polar surface area (TPSA) is 87.5 Å². The van der Waals surface area contributed by atoms with Gasteiger partial charge >= 0.3 is 0 Å². The first-order valence-electron chi connectivity index (χ1n) is 8.92. The minimum atomic E-state index is -0.220. The van der Waals surface area contributed by atoms with Crippen LogP contribution in [0.25, 0.3) is 0 Å². The summed E-state index contributed by atoms with van der Waals surface area (Å²) in [5, 5.41) is 9.20. The van der Waals surface area contributed by atoms with Crippen LogP contribution in [0, 0.1) is 6.92 Å². The van der Waals surface area contributed by atoms with Crippen LogP contribution in [-0.2, 0) is 16.1 Å². The Morgan fingerprint density at radius 3 is 2.44 bits per heavy atom. The zero-order valence-electron chi connectivity index (χ0n) is 15.9. The minimum absolute atomic E-state index is 0.134. The van der Waals surface area contributed by atoms with E-state index in [-0.39, 0.29) is 23.3 Å². The highest BCUT2D eigenvalue weighted by atomic mass is 32.2. The summed E-state index contributed by atoms with van der Waals surface area (Å²) in [5.41, 5.74) is 1.93. The first-order chi connectivity index (χ1) is 13.0. The number of anilines is 2. The van der Waals surface area contributed by atoms with E-state index >= 15 is 0 Å². The zero-order chi connectivity index (χ0) is 19.6. The van der Waals surface area contributed by atoms with Gasteiger partial charge in [-0.25, -0.2) is 0 Å². The number of carbonyl (C=O) groups excluding carboxylic acids is 2. The maximum absolute atomic E-state index is 12.1. The van der Waals surface area contributed by atoms with Gasteiger partial charge in [-0.2, -0.15) is 0 Å². The van der Waals surface area contributed by atoms with Gasteiger partial charge in [-0.05, 0) is 37.7 Å². The van der Waals surface area contributed by atoms with Crippen molar-refractivity contribution in [2.75, 3.05) is 35.2 Å². The predicted octanol–water partition coefficient (Wildman–Crippen LogP) is 3.14. The molecule has 0 aliphatic rings. The summed E-state index contributed by atoms with van der Waals surface area (Å²) in [6.45, 7) is 8.84. The van der Waals surface area contributed by atoms with Crippen molar-refractivity contribution in [1.29, 1.82) is 0 Å². The van der Waals surface area contributed by atoms with Gasteiger partial charge in [-0.1, -0.05) is 31.1 Å². The molecule has 0 spiro atoms. The fraction of sp³-hybridized carbons (Fsp3) is 0.421. The van der Waals surface area contributed by atoms with Gasteiger partial charge in [-0.15, -0.1) is 11.8 Å². The first kappa shape index (κ1) is 21.0. The summed E-state index contributed by atoms with van der Waals surface area (Å²) in [4.78, 5) is 26.2. The van der Waals surface area contributed by atoms with Gasteiger partial charge in [0.2, 0.25) is 11.8 Å². The van der Waals surface area contributed by atoms with Gasteiger partial charge in [0.05, 0.1) is 11.5 Å². The van der Waals surface area contributed by atoms with Gasteiger partial charge in [-0.3, -0.25) is 14.5 Å². The maximum atomic E-state index is 12.1. The highest BCUT2D eigenvalue weighted by molar-refractivity contribution is 8.00. The summed E-state index contributed by atoms with van der Waals surface area (Å²) in [6.07, 6.45) is 0. The van der Waals surface area contributed by atoms with Gasteiger partial charge in [0.25, 0.3) is 0 Å². The first-order valence-corrected chi connectivity index (χ1v) is 10.1. The molecule has 0 aliphatic heterocycles. The smallest absolute Gasteiger partial charge is 0.235 e. The van der Waals surface area contributed by atoms with Gasteiger partial charge in [0.1, 0.15) is 5.76 Å². The summed E-state index contributed by atoms with van der Waals surface area (Å²) in [5.74, 6) is 1.02. The van der Waals surface area contributed by atoms with Crippen molar-refractivity contribution in [2.45, 2.75) is 27.3 Å². The number of nitrogens with zero attached hydrogens (tertiary/aromatic N) is 2. The summed E-state index contributed by atoms with van der Waals surface area (Å²) in [6, 6.07) is 9.49. The molecule has 0 radical (unpaired) electrons. The number of amides is 2.